The Morgan fingerprint density at radius 3 is 2.17 bits per heavy atom. The van der Waals surface area contributed by atoms with Crippen molar-refractivity contribution >= 4 is 23.8 Å². The van der Waals surface area contributed by atoms with Crippen LogP contribution in [-0.4, -0.2) is 66.4 Å². The van der Waals surface area contributed by atoms with Crippen molar-refractivity contribution in [2.24, 2.45) is 0 Å². The van der Waals surface area contributed by atoms with E-state index in [0.29, 0.717) is 74.5 Å². The molecule has 0 bridgehead atoms. The van der Waals surface area contributed by atoms with E-state index in [0.717, 1.165) is 12.8 Å². The lowest BCUT2D eigenvalue weighted by Gasteiger charge is -2.23. The average Bonchev–Trinajstić information content (AvgIpc) is 2.98. The molecule has 0 aliphatic heterocycles. The highest BCUT2D eigenvalue weighted by atomic mass is 19.1. The van der Waals surface area contributed by atoms with E-state index in [1.165, 1.54) is 25.3 Å². The van der Waals surface area contributed by atoms with E-state index in [9.17, 15) is 9.18 Å². The smallest absolute Gasteiger partial charge is 0.251 e. The van der Waals surface area contributed by atoms with Gasteiger partial charge in [-0.1, -0.05) is 55.7 Å². The van der Waals surface area contributed by atoms with Gasteiger partial charge in [-0.25, -0.2) is 4.39 Å². The van der Waals surface area contributed by atoms with Crippen LogP contribution >= 0.6 is 0 Å². The van der Waals surface area contributed by atoms with Gasteiger partial charge < -0.3 is 30.7 Å². The van der Waals surface area contributed by atoms with Gasteiger partial charge in [0, 0.05) is 36.8 Å². The van der Waals surface area contributed by atoms with Crippen molar-refractivity contribution in [1.82, 2.24) is 20.3 Å². The third-order valence-electron chi connectivity index (χ3n) is 6.44. The third kappa shape index (κ3) is 10.0. The zero-order valence-electron chi connectivity index (χ0n) is 22.7. The Morgan fingerprint density at radius 2 is 1.43 bits per heavy atom. The molecule has 40 heavy (non-hydrogen) atoms. The van der Waals surface area contributed by atoms with Crippen molar-refractivity contribution in [2.45, 2.75) is 44.7 Å². The lowest BCUT2D eigenvalue weighted by molar-refractivity contribution is 0.0519. The van der Waals surface area contributed by atoms with E-state index in [2.05, 4.69) is 36.2 Å². The molecule has 0 spiro atoms. The van der Waals surface area contributed by atoms with Crippen LogP contribution in [0.3, 0.4) is 0 Å². The van der Waals surface area contributed by atoms with Gasteiger partial charge in [0.05, 0.1) is 26.4 Å². The Balaban J connectivity index is 1.16. The van der Waals surface area contributed by atoms with Gasteiger partial charge in [-0.15, -0.1) is 0 Å². The van der Waals surface area contributed by atoms with Crippen molar-refractivity contribution < 1.29 is 18.7 Å². The van der Waals surface area contributed by atoms with Gasteiger partial charge in [-0.3, -0.25) is 4.79 Å². The predicted molar refractivity (Wildman–Crippen MR) is 153 cm³/mol. The van der Waals surface area contributed by atoms with Crippen LogP contribution in [0.4, 0.5) is 22.2 Å². The maximum Gasteiger partial charge on any atom is 0.251 e. The topological polar surface area (TPSA) is 122 Å². The number of hydrogen-bond acceptors (Lipinski definition) is 9. The second-order valence-electron chi connectivity index (χ2n) is 9.50. The number of carbonyl (C=O) groups is 1. The van der Waals surface area contributed by atoms with Crippen LogP contribution in [0.25, 0.3) is 0 Å². The Morgan fingerprint density at radius 1 is 0.775 bits per heavy atom. The van der Waals surface area contributed by atoms with Crippen molar-refractivity contribution in [3.63, 3.8) is 0 Å². The predicted octanol–water partition coefficient (Wildman–Crippen LogP) is 4.24. The highest BCUT2D eigenvalue weighted by Crippen LogP contribution is 2.21. The zero-order valence-corrected chi connectivity index (χ0v) is 22.7. The summed E-state index contributed by atoms with van der Waals surface area (Å²) in [5.74, 6) is 0.883. The van der Waals surface area contributed by atoms with Gasteiger partial charge in [0.2, 0.25) is 17.8 Å². The summed E-state index contributed by atoms with van der Waals surface area (Å²) in [6, 6.07) is 16.0. The molecule has 1 aromatic heterocycles. The number of anilines is 3. The van der Waals surface area contributed by atoms with Crippen molar-refractivity contribution in [3.8, 4) is 0 Å². The number of carbonyl (C=O) groups excluding carboxylic acids is 1. The van der Waals surface area contributed by atoms with E-state index in [4.69, 9.17) is 9.47 Å². The van der Waals surface area contributed by atoms with Gasteiger partial charge in [-0.05, 0) is 31.0 Å². The molecule has 3 aromatic rings. The van der Waals surface area contributed by atoms with E-state index in [-0.39, 0.29) is 18.3 Å². The van der Waals surface area contributed by atoms with Gasteiger partial charge in [-0.2, -0.15) is 15.0 Å². The van der Waals surface area contributed by atoms with E-state index in [1.807, 2.05) is 18.2 Å². The molecule has 10 nitrogen and oxygen atoms in total. The van der Waals surface area contributed by atoms with E-state index >= 15 is 0 Å². The van der Waals surface area contributed by atoms with Gasteiger partial charge >= 0.3 is 0 Å². The first-order chi connectivity index (χ1) is 19.7. The molecule has 0 radical (unpaired) electrons. The minimum atomic E-state index is -0.277. The van der Waals surface area contributed by atoms with Crippen molar-refractivity contribution in [2.75, 3.05) is 55.5 Å². The fraction of sp³-hybridized carbons (Fsp3) is 0.448. The Kier molecular flexibility index (Phi) is 11.9. The molecule has 4 N–H and O–H groups in total. The molecule has 2 aromatic carbocycles. The molecule has 4 rings (SSSR count). The standard InChI is InChI=1S/C29H38FN7O3/c30-25-14-8-7-11-23(25)21-33-28-35-27(36-29(37-28)34-24-12-5-2-6-13-24)32-16-18-40-20-19-39-17-15-31-26(38)22-9-3-1-4-10-22/h1,3-4,7-11,14,24H,2,5-6,12-13,15-21H2,(H,31,38)(H3,32,33,34,35,36,37). The highest BCUT2D eigenvalue weighted by molar-refractivity contribution is 5.94. The number of amides is 1. The van der Waals surface area contributed by atoms with Crippen LogP contribution in [0.5, 0.6) is 0 Å². The number of nitrogens with zero attached hydrogens (tertiary/aromatic N) is 3. The molecule has 0 atom stereocenters. The van der Waals surface area contributed by atoms with Crippen molar-refractivity contribution in [3.05, 3.63) is 71.5 Å². The van der Waals surface area contributed by atoms with Crippen LogP contribution in [-0.2, 0) is 16.0 Å². The molecule has 1 amide bonds. The van der Waals surface area contributed by atoms with Gasteiger partial charge in [0.15, 0.2) is 0 Å². The third-order valence-corrected chi connectivity index (χ3v) is 6.44. The Labute approximate surface area is 234 Å². The summed E-state index contributed by atoms with van der Waals surface area (Å²) in [5, 5.41) is 12.6. The zero-order chi connectivity index (χ0) is 27.8. The fourth-order valence-electron chi connectivity index (χ4n) is 4.33. The van der Waals surface area contributed by atoms with Gasteiger partial charge in [0.1, 0.15) is 5.82 Å². The molecule has 214 valence electrons. The number of nitrogens with one attached hydrogen (secondary N) is 4. The second kappa shape index (κ2) is 16.3. The quantitative estimate of drug-likeness (QED) is 0.194. The average molecular weight is 552 g/mol. The molecule has 1 aliphatic carbocycles. The summed E-state index contributed by atoms with van der Waals surface area (Å²) in [4.78, 5) is 25.5. The summed E-state index contributed by atoms with van der Waals surface area (Å²) in [5.41, 5.74) is 1.16. The lowest BCUT2D eigenvalue weighted by Crippen LogP contribution is -2.27. The van der Waals surface area contributed by atoms with Gasteiger partial charge in [0.25, 0.3) is 5.91 Å². The van der Waals surface area contributed by atoms with E-state index < -0.39 is 0 Å². The molecule has 0 saturated heterocycles. The van der Waals surface area contributed by atoms with Crippen LogP contribution < -0.4 is 21.3 Å². The fourth-order valence-corrected chi connectivity index (χ4v) is 4.33. The number of hydrogen-bond donors (Lipinski definition) is 4. The first-order valence-electron chi connectivity index (χ1n) is 13.9. The second-order valence-corrected chi connectivity index (χ2v) is 9.50. The molecule has 11 heteroatoms. The number of ether oxygens (including phenoxy) is 2. The Hall–Kier alpha value is -3.83. The number of aromatic nitrogens is 3. The molecule has 1 saturated carbocycles. The lowest BCUT2D eigenvalue weighted by atomic mass is 9.96. The monoisotopic (exact) mass is 551 g/mol. The normalized spacial score (nSPS) is 13.5. The number of benzene rings is 2. The molecular weight excluding hydrogens is 513 g/mol. The molecule has 1 fully saturated rings. The van der Waals surface area contributed by atoms with E-state index in [1.54, 1.807) is 30.3 Å². The summed E-state index contributed by atoms with van der Waals surface area (Å²) >= 11 is 0. The summed E-state index contributed by atoms with van der Waals surface area (Å²) in [6.45, 7) is 2.87. The number of halogens is 1. The molecule has 0 unspecified atom stereocenters. The highest BCUT2D eigenvalue weighted by Gasteiger charge is 2.16. The number of rotatable bonds is 16. The molecule has 1 aliphatic rings. The van der Waals surface area contributed by atoms with Crippen molar-refractivity contribution in [1.29, 1.82) is 0 Å². The summed E-state index contributed by atoms with van der Waals surface area (Å²) < 4.78 is 25.2. The first-order valence-corrected chi connectivity index (χ1v) is 13.9. The minimum absolute atomic E-state index is 0.118. The summed E-state index contributed by atoms with van der Waals surface area (Å²) in [7, 11) is 0. The maximum atomic E-state index is 14.1. The first kappa shape index (κ1) is 29.2. The maximum absolute atomic E-state index is 14.1. The van der Waals surface area contributed by atoms with Crippen LogP contribution in [0.1, 0.15) is 48.0 Å². The van der Waals surface area contributed by atoms with Crippen LogP contribution in [0, 0.1) is 5.82 Å². The van der Waals surface area contributed by atoms with Crippen LogP contribution in [0.2, 0.25) is 0 Å². The SMILES string of the molecule is O=C(NCCOCCOCCNc1nc(NCc2ccccc2F)nc(NC2CCCCC2)n1)c1ccccc1. The minimum Gasteiger partial charge on any atom is -0.377 e. The molecule has 1 heterocycles. The largest absolute Gasteiger partial charge is 0.377 e. The summed E-state index contributed by atoms with van der Waals surface area (Å²) in [6.07, 6.45) is 5.81. The Bertz CT molecular complexity index is 1180. The van der Waals surface area contributed by atoms with Crippen LogP contribution in [0.15, 0.2) is 54.6 Å². The molecular formula is C29H38FN7O3.